The highest BCUT2D eigenvalue weighted by molar-refractivity contribution is 5.80. The van der Waals surface area contributed by atoms with Crippen molar-refractivity contribution in [3.8, 4) is 0 Å². The van der Waals surface area contributed by atoms with Gasteiger partial charge in [0.1, 0.15) is 5.76 Å². The van der Waals surface area contributed by atoms with Crippen LogP contribution < -0.4 is 10.6 Å². The fourth-order valence-corrected chi connectivity index (χ4v) is 2.31. The van der Waals surface area contributed by atoms with E-state index in [-0.39, 0.29) is 6.04 Å². The molecule has 0 radical (unpaired) electrons. The third-order valence-electron chi connectivity index (χ3n) is 3.48. The van der Waals surface area contributed by atoms with Gasteiger partial charge in [0.2, 0.25) is 0 Å². The fourth-order valence-electron chi connectivity index (χ4n) is 2.31. The van der Waals surface area contributed by atoms with E-state index in [0.717, 1.165) is 24.7 Å². The minimum Gasteiger partial charge on any atom is -0.469 e. The van der Waals surface area contributed by atoms with Gasteiger partial charge < -0.3 is 15.1 Å². The molecule has 1 aromatic carbocycles. The van der Waals surface area contributed by atoms with Crippen LogP contribution >= 0.6 is 0 Å². The number of hydrogen-bond donors (Lipinski definition) is 2. The molecule has 1 atom stereocenters. The van der Waals surface area contributed by atoms with Crippen molar-refractivity contribution < 1.29 is 4.42 Å². The Morgan fingerprint density at radius 3 is 2.71 bits per heavy atom. The third-order valence-corrected chi connectivity index (χ3v) is 3.48. The summed E-state index contributed by atoms with van der Waals surface area (Å²) in [5, 5.41) is 6.72. The van der Waals surface area contributed by atoms with Crippen LogP contribution in [0.1, 0.15) is 29.9 Å². The maximum atomic E-state index is 5.31. The average molecular weight is 285 g/mol. The third kappa shape index (κ3) is 4.38. The first-order valence-corrected chi connectivity index (χ1v) is 7.26. The van der Waals surface area contributed by atoms with Gasteiger partial charge in [-0.15, -0.1) is 0 Å². The van der Waals surface area contributed by atoms with Crippen molar-refractivity contribution in [2.75, 3.05) is 13.6 Å². The standard InChI is InChI=1S/C17H23N3O/c1-13-7-4-5-9-16(13)14(2)20-17(18-3)19-11-10-15-8-6-12-21-15/h4-9,12,14H,10-11H2,1-3H3,(H2,18,19,20). The average Bonchev–Trinajstić information content (AvgIpc) is 2.99. The SMILES string of the molecule is CN=C(NCCc1ccco1)NC(C)c1ccccc1C. The summed E-state index contributed by atoms with van der Waals surface area (Å²) in [5.74, 6) is 1.78. The molecular weight excluding hydrogens is 262 g/mol. The van der Waals surface area contributed by atoms with Gasteiger partial charge >= 0.3 is 0 Å². The lowest BCUT2D eigenvalue weighted by molar-refractivity contribution is 0.506. The van der Waals surface area contributed by atoms with Crippen LogP contribution in [0.3, 0.4) is 0 Å². The lowest BCUT2D eigenvalue weighted by Crippen LogP contribution is -2.39. The normalized spacial score (nSPS) is 13.0. The van der Waals surface area contributed by atoms with E-state index >= 15 is 0 Å². The number of guanidine groups is 1. The topological polar surface area (TPSA) is 49.6 Å². The first-order chi connectivity index (χ1) is 10.2. The van der Waals surface area contributed by atoms with Gasteiger partial charge in [0.05, 0.1) is 12.3 Å². The molecule has 1 aromatic heterocycles. The Labute approximate surface area is 126 Å². The van der Waals surface area contributed by atoms with Crippen molar-refractivity contribution >= 4 is 5.96 Å². The van der Waals surface area contributed by atoms with Crippen LogP contribution in [0.15, 0.2) is 52.1 Å². The predicted molar refractivity (Wildman–Crippen MR) is 86.5 cm³/mol. The summed E-state index contributed by atoms with van der Waals surface area (Å²) in [7, 11) is 1.78. The Hall–Kier alpha value is -2.23. The molecule has 0 aliphatic rings. The van der Waals surface area contributed by atoms with Crippen molar-refractivity contribution in [3.05, 3.63) is 59.5 Å². The smallest absolute Gasteiger partial charge is 0.191 e. The van der Waals surface area contributed by atoms with Crippen LogP contribution in [0.4, 0.5) is 0 Å². The fraction of sp³-hybridized carbons (Fsp3) is 0.353. The second-order valence-electron chi connectivity index (χ2n) is 5.05. The highest BCUT2D eigenvalue weighted by Gasteiger charge is 2.09. The van der Waals surface area contributed by atoms with Gasteiger partial charge in [-0.05, 0) is 37.1 Å². The number of aryl methyl sites for hydroxylation is 1. The summed E-state index contributed by atoms with van der Waals surface area (Å²) in [6, 6.07) is 12.5. The van der Waals surface area contributed by atoms with Gasteiger partial charge in [-0.25, -0.2) is 0 Å². The van der Waals surface area contributed by atoms with Crippen LogP contribution in [0.5, 0.6) is 0 Å². The lowest BCUT2D eigenvalue weighted by atomic mass is 10.0. The molecular formula is C17H23N3O. The minimum atomic E-state index is 0.209. The molecule has 21 heavy (non-hydrogen) atoms. The number of benzene rings is 1. The van der Waals surface area contributed by atoms with Crippen LogP contribution in [0.25, 0.3) is 0 Å². The molecule has 4 nitrogen and oxygen atoms in total. The molecule has 1 heterocycles. The van der Waals surface area contributed by atoms with E-state index < -0.39 is 0 Å². The van der Waals surface area contributed by atoms with Gasteiger partial charge in [0.25, 0.3) is 0 Å². The number of rotatable bonds is 5. The quantitative estimate of drug-likeness (QED) is 0.656. The van der Waals surface area contributed by atoms with Crippen LogP contribution in [0, 0.1) is 6.92 Å². The zero-order chi connectivity index (χ0) is 15.1. The second kappa shape index (κ2) is 7.53. The molecule has 0 aliphatic carbocycles. The number of furan rings is 1. The first kappa shape index (κ1) is 15.2. The van der Waals surface area contributed by atoms with E-state index in [1.165, 1.54) is 11.1 Å². The van der Waals surface area contributed by atoms with Crippen LogP contribution in [-0.4, -0.2) is 19.6 Å². The van der Waals surface area contributed by atoms with E-state index in [1.807, 2.05) is 12.1 Å². The van der Waals surface area contributed by atoms with Crippen molar-refractivity contribution in [3.63, 3.8) is 0 Å². The molecule has 2 aromatic rings. The van der Waals surface area contributed by atoms with Crippen molar-refractivity contribution in [2.45, 2.75) is 26.3 Å². The number of hydrogen-bond acceptors (Lipinski definition) is 2. The van der Waals surface area contributed by atoms with Crippen molar-refractivity contribution in [1.82, 2.24) is 10.6 Å². The van der Waals surface area contributed by atoms with Gasteiger partial charge in [-0.1, -0.05) is 24.3 Å². The molecule has 1 unspecified atom stereocenters. The number of nitrogens with zero attached hydrogens (tertiary/aromatic N) is 1. The Morgan fingerprint density at radius 1 is 1.24 bits per heavy atom. The molecule has 2 N–H and O–H groups in total. The molecule has 0 fully saturated rings. The second-order valence-corrected chi connectivity index (χ2v) is 5.05. The minimum absolute atomic E-state index is 0.209. The lowest BCUT2D eigenvalue weighted by Gasteiger charge is -2.19. The summed E-state index contributed by atoms with van der Waals surface area (Å²) in [6.45, 7) is 5.05. The molecule has 4 heteroatoms. The molecule has 0 saturated heterocycles. The number of aliphatic imine (C=N–C) groups is 1. The largest absolute Gasteiger partial charge is 0.469 e. The van der Waals surface area contributed by atoms with Gasteiger partial charge in [0, 0.05) is 20.0 Å². The Morgan fingerprint density at radius 2 is 2.05 bits per heavy atom. The van der Waals surface area contributed by atoms with Crippen molar-refractivity contribution in [2.24, 2.45) is 4.99 Å². The Balaban J connectivity index is 1.86. The zero-order valence-corrected chi connectivity index (χ0v) is 12.9. The van der Waals surface area contributed by atoms with E-state index in [4.69, 9.17) is 4.42 Å². The number of nitrogens with one attached hydrogen (secondary N) is 2. The van der Waals surface area contributed by atoms with E-state index in [2.05, 4.69) is 53.7 Å². The Bertz CT molecular complexity index is 575. The first-order valence-electron chi connectivity index (χ1n) is 7.26. The summed E-state index contributed by atoms with van der Waals surface area (Å²) >= 11 is 0. The summed E-state index contributed by atoms with van der Waals surface area (Å²) in [4.78, 5) is 4.27. The molecule has 0 aliphatic heterocycles. The van der Waals surface area contributed by atoms with E-state index in [9.17, 15) is 0 Å². The van der Waals surface area contributed by atoms with Crippen molar-refractivity contribution in [1.29, 1.82) is 0 Å². The highest BCUT2D eigenvalue weighted by Crippen LogP contribution is 2.16. The molecule has 112 valence electrons. The molecule has 0 spiro atoms. The van der Waals surface area contributed by atoms with E-state index in [0.29, 0.717) is 0 Å². The van der Waals surface area contributed by atoms with Gasteiger partial charge in [-0.3, -0.25) is 4.99 Å². The monoisotopic (exact) mass is 285 g/mol. The zero-order valence-electron chi connectivity index (χ0n) is 12.9. The summed E-state index contributed by atoms with van der Waals surface area (Å²) < 4.78 is 5.31. The highest BCUT2D eigenvalue weighted by atomic mass is 16.3. The summed E-state index contributed by atoms with van der Waals surface area (Å²) in [6.07, 6.45) is 2.54. The van der Waals surface area contributed by atoms with Gasteiger partial charge in [-0.2, -0.15) is 0 Å². The van der Waals surface area contributed by atoms with Crippen LogP contribution in [-0.2, 0) is 6.42 Å². The maximum Gasteiger partial charge on any atom is 0.191 e. The van der Waals surface area contributed by atoms with Gasteiger partial charge in [0.15, 0.2) is 5.96 Å². The van der Waals surface area contributed by atoms with E-state index in [1.54, 1.807) is 13.3 Å². The molecule has 0 saturated carbocycles. The molecule has 0 amide bonds. The van der Waals surface area contributed by atoms with Crippen LogP contribution in [0.2, 0.25) is 0 Å². The molecule has 0 bridgehead atoms. The summed E-state index contributed by atoms with van der Waals surface area (Å²) in [5.41, 5.74) is 2.56. The predicted octanol–water partition coefficient (Wildman–Crippen LogP) is 3.06. The molecule has 2 rings (SSSR count). The maximum absolute atomic E-state index is 5.31. The Kier molecular flexibility index (Phi) is 5.43.